The normalized spacial score (nSPS) is 10.5. The second kappa shape index (κ2) is 4.03. The van der Waals surface area contributed by atoms with Crippen molar-refractivity contribution < 1.29 is 0 Å². The van der Waals surface area contributed by atoms with Crippen LogP contribution in [-0.2, 0) is 7.05 Å². The Morgan fingerprint density at radius 1 is 1.53 bits per heavy atom. The van der Waals surface area contributed by atoms with Gasteiger partial charge in [0.15, 0.2) is 5.16 Å². The van der Waals surface area contributed by atoms with Crippen molar-refractivity contribution in [3.8, 4) is 0 Å². The van der Waals surface area contributed by atoms with Crippen LogP contribution >= 0.6 is 23.4 Å². The van der Waals surface area contributed by atoms with E-state index in [9.17, 15) is 4.79 Å². The number of aromatic amines is 1. The molecular formula is C7H6ClN5OS. The van der Waals surface area contributed by atoms with Gasteiger partial charge in [0, 0.05) is 7.05 Å². The van der Waals surface area contributed by atoms with E-state index in [1.807, 2.05) is 0 Å². The van der Waals surface area contributed by atoms with E-state index in [2.05, 4.69) is 20.1 Å². The minimum absolute atomic E-state index is 0.0606. The number of hydrogen-bond acceptors (Lipinski definition) is 5. The summed E-state index contributed by atoms with van der Waals surface area (Å²) < 4.78 is 1.57. The van der Waals surface area contributed by atoms with Crippen LogP contribution in [-0.4, -0.2) is 24.7 Å². The lowest BCUT2D eigenvalue weighted by atomic mass is 10.7. The smallest absolute Gasteiger partial charge is 0.270 e. The zero-order valence-corrected chi connectivity index (χ0v) is 9.21. The fraction of sp³-hybridized carbons (Fsp3) is 0.143. The van der Waals surface area contributed by atoms with Crippen LogP contribution in [0.3, 0.4) is 0 Å². The van der Waals surface area contributed by atoms with Crippen molar-refractivity contribution in [2.75, 3.05) is 0 Å². The number of rotatable bonds is 2. The largest absolute Gasteiger partial charge is 0.312 e. The first-order valence-electron chi connectivity index (χ1n) is 3.93. The number of aromatic nitrogens is 5. The summed E-state index contributed by atoms with van der Waals surface area (Å²) in [6.07, 6.45) is 2.72. The van der Waals surface area contributed by atoms with Crippen molar-refractivity contribution in [2.24, 2.45) is 7.05 Å². The van der Waals surface area contributed by atoms with E-state index in [1.165, 1.54) is 24.4 Å². The third kappa shape index (κ3) is 2.02. The minimum Gasteiger partial charge on any atom is -0.312 e. The Morgan fingerprint density at radius 2 is 2.33 bits per heavy atom. The highest BCUT2D eigenvalue weighted by atomic mass is 35.5. The molecule has 2 aromatic rings. The average Bonchev–Trinajstić information content (AvgIpc) is 2.60. The van der Waals surface area contributed by atoms with Crippen LogP contribution in [0.4, 0.5) is 0 Å². The monoisotopic (exact) mass is 243 g/mol. The van der Waals surface area contributed by atoms with Crippen LogP contribution in [0.1, 0.15) is 0 Å². The molecule has 0 aliphatic rings. The van der Waals surface area contributed by atoms with Crippen LogP contribution in [0.15, 0.2) is 27.6 Å². The first-order chi connectivity index (χ1) is 7.18. The van der Waals surface area contributed by atoms with Crippen LogP contribution in [0.25, 0.3) is 0 Å². The number of halogens is 1. The Kier molecular flexibility index (Phi) is 2.74. The van der Waals surface area contributed by atoms with E-state index < -0.39 is 0 Å². The molecule has 6 nitrogen and oxygen atoms in total. The van der Waals surface area contributed by atoms with Crippen molar-refractivity contribution in [1.29, 1.82) is 0 Å². The van der Waals surface area contributed by atoms with Gasteiger partial charge < -0.3 is 4.98 Å². The number of hydrogen-bond donors (Lipinski definition) is 1. The highest BCUT2D eigenvalue weighted by Crippen LogP contribution is 2.26. The molecule has 0 unspecified atom stereocenters. The fourth-order valence-corrected chi connectivity index (χ4v) is 1.86. The Labute approximate surface area is 93.7 Å². The first-order valence-corrected chi connectivity index (χ1v) is 5.13. The molecule has 0 bridgehead atoms. The predicted octanol–water partition coefficient (Wildman–Crippen LogP) is 0.703. The summed E-state index contributed by atoms with van der Waals surface area (Å²) in [4.78, 5) is 21.5. The summed E-state index contributed by atoms with van der Waals surface area (Å²) in [5.41, 5.74) is -0.365. The summed E-state index contributed by atoms with van der Waals surface area (Å²) in [6.45, 7) is 0. The molecule has 2 rings (SSSR count). The second-order valence-corrected chi connectivity index (χ2v) is 3.95. The summed E-state index contributed by atoms with van der Waals surface area (Å²) in [7, 11) is 1.75. The van der Waals surface area contributed by atoms with Gasteiger partial charge in [-0.25, -0.2) is 14.6 Å². The molecule has 0 spiro atoms. The van der Waals surface area contributed by atoms with Gasteiger partial charge >= 0.3 is 0 Å². The molecule has 0 saturated heterocycles. The van der Waals surface area contributed by atoms with E-state index in [0.29, 0.717) is 10.2 Å². The summed E-state index contributed by atoms with van der Waals surface area (Å²) in [5, 5.41) is 4.99. The third-order valence-corrected chi connectivity index (χ3v) is 3.14. The number of H-pyrrole nitrogens is 1. The second-order valence-electron chi connectivity index (χ2n) is 2.62. The van der Waals surface area contributed by atoms with E-state index >= 15 is 0 Å². The van der Waals surface area contributed by atoms with Gasteiger partial charge in [-0.3, -0.25) is 4.79 Å². The first kappa shape index (κ1) is 10.2. The Hall–Kier alpha value is -1.34. The molecule has 2 aromatic heterocycles. The van der Waals surface area contributed by atoms with Crippen LogP contribution in [0.2, 0.25) is 5.02 Å². The maximum Gasteiger partial charge on any atom is 0.270 e. The summed E-state index contributed by atoms with van der Waals surface area (Å²) in [5.74, 6) is 0. The molecule has 0 aliphatic carbocycles. The molecule has 15 heavy (non-hydrogen) atoms. The van der Waals surface area contributed by atoms with Crippen molar-refractivity contribution in [3.63, 3.8) is 0 Å². The molecular weight excluding hydrogens is 238 g/mol. The van der Waals surface area contributed by atoms with Gasteiger partial charge in [-0.1, -0.05) is 11.6 Å². The zero-order chi connectivity index (χ0) is 10.8. The van der Waals surface area contributed by atoms with Crippen LogP contribution in [0.5, 0.6) is 0 Å². The SMILES string of the molecule is Cn1ncnc1Sc1nc[nH]c(=O)c1Cl. The molecule has 0 aliphatic heterocycles. The number of aryl methyl sites for hydroxylation is 1. The number of nitrogens with one attached hydrogen (secondary N) is 1. The van der Waals surface area contributed by atoms with Crippen molar-refractivity contribution >= 4 is 23.4 Å². The lowest BCUT2D eigenvalue weighted by molar-refractivity contribution is 0.684. The molecule has 1 N–H and O–H groups in total. The lowest BCUT2D eigenvalue weighted by Gasteiger charge is -2.00. The van der Waals surface area contributed by atoms with E-state index in [0.717, 1.165) is 0 Å². The van der Waals surface area contributed by atoms with Gasteiger partial charge in [0.1, 0.15) is 16.4 Å². The Balaban J connectivity index is 2.37. The average molecular weight is 244 g/mol. The van der Waals surface area contributed by atoms with Crippen molar-refractivity contribution in [2.45, 2.75) is 10.2 Å². The van der Waals surface area contributed by atoms with Gasteiger partial charge in [0.05, 0.1) is 6.33 Å². The van der Waals surface area contributed by atoms with Gasteiger partial charge in [0.25, 0.3) is 5.56 Å². The fourth-order valence-electron chi connectivity index (χ4n) is 0.902. The summed E-state index contributed by atoms with van der Waals surface area (Å²) in [6, 6.07) is 0. The quantitative estimate of drug-likeness (QED) is 0.786. The highest BCUT2D eigenvalue weighted by Gasteiger charge is 2.10. The van der Waals surface area contributed by atoms with Crippen LogP contribution < -0.4 is 5.56 Å². The molecule has 78 valence electrons. The van der Waals surface area contributed by atoms with Gasteiger partial charge in [-0.2, -0.15) is 5.10 Å². The maximum atomic E-state index is 11.2. The zero-order valence-electron chi connectivity index (χ0n) is 7.64. The Bertz CT molecular complexity index is 536. The molecule has 0 saturated carbocycles. The molecule has 0 aromatic carbocycles. The molecule has 0 radical (unpaired) electrons. The van der Waals surface area contributed by atoms with Crippen LogP contribution in [0, 0.1) is 0 Å². The molecule has 0 atom stereocenters. The van der Waals surface area contributed by atoms with Gasteiger partial charge in [0.2, 0.25) is 0 Å². The predicted molar refractivity (Wildman–Crippen MR) is 55.0 cm³/mol. The lowest BCUT2D eigenvalue weighted by Crippen LogP contribution is -2.07. The minimum atomic E-state index is -0.365. The van der Waals surface area contributed by atoms with E-state index in [4.69, 9.17) is 11.6 Å². The molecule has 2 heterocycles. The number of nitrogens with zero attached hydrogens (tertiary/aromatic N) is 4. The Morgan fingerprint density at radius 3 is 3.00 bits per heavy atom. The van der Waals surface area contributed by atoms with Crippen molar-refractivity contribution in [3.05, 3.63) is 28.0 Å². The standard InChI is InChI=1S/C7H6ClN5OS/c1-13-7(11-3-12-13)15-6-4(8)5(14)9-2-10-6/h2-3H,1H3,(H,9,10,14). The highest BCUT2D eigenvalue weighted by molar-refractivity contribution is 7.99. The van der Waals surface area contributed by atoms with Crippen molar-refractivity contribution in [1.82, 2.24) is 24.7 Å². The third-order valence-electron chi connectivity index (χ3n) is 1.62. The van der Waals surface area contributed by atoms with Gasteiger partial charge in [-0.05, 0) is 11.8 Å². The molecule has 0 amide bonds. The topological polar surface area (TPSA) is 76.5 Å². The van der Waals surface area contributed by atoms with Gasteiger partial charge in [-0.15, -0.1) is 0 Å². The molecule has 8 heteroatoms. The van der Waals surface area contributed by atoms with E-state index in [1.54, 1.807) is 11.7 Å². The van der Waals surface area contributed by atoms with E-state index in [-0.39, 0.29) is 10.6 Å². The molecule has 0 fully saturated rings. The summed E-state index contributed by atoms with van der Waals surface area (Å²) >= 11 is 6.97. The maximum absolute atomic E-state index is 11.2.